The van der Waals surface area contributed by atoms with Gasteiger partial charge in [-0.1, -0.05) is 60.7 Å². The second kappa shape index (κ2) is 8.73. The van der Waals surface area contributed by atoms with Gasteiger partial charge in [-0.3, -0.25) is 19.2 Å². The molecule has 152 valence electrons. The van der Waals surface area contributed by atoms with Crippen LogP contribution in [0, 0.1) is 0 Å². The Hall–Kier alpha value is -3.74. The number of rotatable bonds is 6. The Morgan fingerprint density at radius 1 is 1.00 bits per heavy atom. The second-order valence-corrected chi connectivity index (χ2v) is 7.06. The fraction of sp³-hybridized carbons (Fsp3) is 0.217. The van der Waals surface area contributed by atoms with Crippen molar-refractivity contribution >= 4 is 17.8 Å². The van der Waals surface area contributed by atoms with Crippen molar-refractivity contribution in [1.29, 1.82) is 0 Å². The van der Waals surface area contributed by atoms with Gasteiger partial charge in [0.05, 0.1) is 6.54 Å². The maximum Gasteiger partial charge on any atom is 0.342 e. The number of likely N-dealkylation sites (tertiary alicyclic amines) is 1. The lowest BCUT2D eigenvalue weighted by molar-refractivity contribution is -0.143. The van der Waals surface area contributed by atoms with E-state index in [-0.39, 0.29) is 11.5 Å². The van der Waals surface area contributed by atoms with Crippen LogP contribution in [0.2, 0.25) is 0 Å². The number of carbonyl (C=O) groups excluding carboxylic acids is 3. The number of hydrogen-bond acceptors (Lipinski definition) is 5. The van der Waals surface area contributed by atoms with Gasteiger partial charge >= 0.3 is 5.97 Å². The quantitative estimate of drug-likeness (QED) is 0.591. The Labute approximate surface area is 173 Å². The number of esters is 1. The number of carbonyl (C=O) groups is 3. The van der Waals surface area contributed by atoms with Crippen molar-refractivity contribution in [2.24, 2.45) is 0 Å². The van der Waals surface area contributed by atoms with Crippen LogP contribution in [0.4, 0.5) is 0 Å². The van der Waals surface area contributed by atoms with Gasteiger partial charge in [-0.25, -0.2) is 4.79 Å². The van der Waals surface area contributed by atoms with Crippen molar-refractivity contribution in [2.45, 2.75) is 19.4 Å². The summed E-state index contributed by atoms with van der Waals surface area (Å²) >= 11 is 0. The van der Waals surface area contributed by atoms with E-state index >= 15 is 0 Å². The smallest absolute Gasteiger partial charge is 0.342 e. The number of imide groups is 1. The van der Waals surface area contributed by atoms with Gasteiger partial charge < -0.3 is 4.74 Å². The van der Waals surface area contributed by atoms with Crippen molar-refractivity contribution in [3.05, 3.63) is 78.0 Å². The lowest BCUT2D eigenvalue weighted by Gasteiger charge is -2.13. The molecule has 0 aliphatic carbocycles. The predicted molar refractivity (Wildman–Crippen MR) is 109 cm³/mol. The summed E-state index contributed by atoms with van der Waals surface area (Å²) in [6.45, 7) is 0.400. The summed E-state index contributed by atoms with van der Waals surface area (Å²) in [5.41, 5.74) is 2.58. The zero-order valence-corrected chi connectivity index (χ0v) is 16.4. The average molecular weight is 403 g/mol. The minimum absolute atomic E-state index is 0.225. The summed E-state index contributed by atoms with van der Waals surface area (Å²) < 4.78 is 6.92. The molecule has 0 unspecified atom stereocenters. The highest BCUT2D eigenvalue weighted by molar-refractivity contribution is 6.00. The molecule has 1 aliphatic heterocycles. The second-order valence-electron chi connectivity index (χ2n) is 7.06. The first-order chi connectivity index (χ1) is 14.6. The highest BCUT2D eigenvalue weighted by atomic mass is 16.5. The number of ether oxygens (including phenoxy) is 1. The molecule has 1 fully saturated rings. The average Bonchev–Trinajstić information content (AvgIpc) is 3.39. The summed E-state index contributed by atoms with van der Waals surface area (Å²) in [6.07, 6.45) is 2.62. The molecule has 30 heavy (non-hydrogen) atoms. The molecule has 0 saturated carbocycles. The Balaban J connectivity index is 1.55. The maximum absolute atomic E-state index is 12.8. The molecule has 0 spiro atoms. The molecule has 2 heterocycles. The van der Waals surface area contributed by atoms with Gasteiger partial charge in [0.15, 0.2) is 6.61 Å². The molecule has 2 aromatic carbocycles. The van der Waals surface area contributed by atoms with E-state index in [4.69, 9.17) is 4.74 Å². The molecule has 0 N–H and O–H groups in total. The van der Waals surface area contributed by atoms with Crippen LogP contribution in [-0.4, -0.2) is 45.6 Å². The fourth-order valence-electron chi connectivity index (χ4n) is 3.43. The Morgan fingerprint density at radius 2 is 1.70 bits per heavy atom. The first kappa shape index (κ1) is 19.6. The first-order valence-electron chi connectivity index (χ1n) is 9.79. The fourth-order valence-corrected chi connectivity index (χ4v) is 3.43. The zero-order chi connectivity index (χ0) is 20.9. The maximum atomic E-state index is 12.8. The van der Waals surface area contributed by atoms with Gasteiger partial charge in [-0.15, -0.1) is 0 Å². The molecular weight excluding hydrogens is 382 g/mol. The Kier molecular flexibility index (Phi) is 5.70. The number of hydrogen-bond donors (Lipinski definition) is 0. The van der Waals surface area contributed by atoms with E-state index in [9.17, 15) is 14.4 Å². The van der Waals surface area contributed by atoms with Gasteiger partial charge in [-0.2, -0.15) is 5.10 Å². The highest BCUT2D eigenvalue weighted by Gasteiger charge is 2.28. The Bertz CT molecular complexity index is 1060. The van der Waals surface area contributed by atoms with Crippen LogP contribution in [-0.2, 0) is 20.9 Å². The summed E-state index contributed by atoms with van der Waals surface area (Å²) in [5.74, 6) is -1.37. The third kappa shape index (κ3) is 4.30. The molecule has 7 heteroatoms. The number of amides is 2. The first-order valence-corrected chi connectivity index (χ1v) is 9.79. The highest BCUT2D eigenvalue weighted by Crippen LogP contribution is 2.23. The lowest BCUT2D eigenvalue weighted by Crippen LogP contribution is -2.35. The van der Waals surface area contributed by atoms with Crippen LogP contribution in [0.5, 0.6) is 0 Å². The van der Waals surface area contributed by atoms with Crippen molar-refractivity contribution < 1.29 is 19.1 Å². The van der Waals surface area contributed by atoms with E-state index in [0.717, 1.165) is 16.0 Å². The third-order valence-corrected chi connectivity index (χ3v) is 4.92. The van der Waals surface area contributed by atoms with Crippen LogP contribution >= 0.6 is 0 Å². The molecule has 4 rings (SSSR count). The van der Waals surface area contributed by atoms with Crippen LogP contribution in [0.1, 0.15) is 28.8 Å². The topological polar surface area (TPSA) is 81.5 Å². The van der Waals surface area contributed by atoms with E-state index in [1.165, 1.54) is 0 Å². The van der Waals surface area contributed by atoms with Crippen LogP contribution < -0.4 is 0 Å². The van der Waals surface area contributed by atoms with Gasteiger partial charge in [0.2, 0.25) is 5.91 Å². The van der Waals surface area contributed by atoms with Gasteiger partial charge in [-0.05, 0) is 12.0 Å². The van der Waals surface area contributed by atoms with Crippen LogP contribution in [0.3, 0.4) is 0 Å². The number of benzene rings is 2. The zero-order valence-electron chi connectivity index (χ0n) is 16.4. The van der Waals surface area contributed by atoms with E-state index in [2.05, 4.69) is 5.10 Å². The number of nitrogens with zero attached hydrogens (tertiary/aromatic N) is 3. The SMILES string of the molecule is O=C(OCC(=O)N1CCCC1=O)c1cn(Cc2ccccc2)nc1-c1ccccc1. The van der Waals surface area contributed by atoms with Crippen molar-refractivity contribution in [3.8, 4) is 11.3 Å². The standard InChI is InChI=1S/C23H21N3O4/c27-20-12-7-13-26(20)21(28)16-30-23(29)19-15-25(14-17-8-3-1-4-9-17)24-22(19)18-10-5-2-6-11-18/h1-6,8-11,15H,7,12-14,16H2. The molecule has 1 aliphatic rings. The molecular formula is C23H21N3O4. The minimum atomic E-state index is -0.645. The third-order valence-electron chi connectivity index (χ3n) is 4.92. The van der Waals surface area contributed by atoms with Crippen LogP contribution in [0.25, 0.3) is 11.3 Å². The monoisotopic (exact) mass is 403 g/mol. The Morgan fingerprint density at radius 3 is 2.37 bits per heavy atom. The molecule has 0 atom stereocenters. The van der Waals surface area contributed by atoms with Gasteiger partial charge in [0, 0.05) is 24.7 Å². The summed E-state index contributed by atoms with van der Waals surface area (Å²) in [4.78, 5) is 37.8. The van der Waals surface area contributed by atoms with Crippen molar-refractivity contribution in [2.75, 3.05) is 13.2 Å². The summed E-state index contributed by atoms with van der Waals surface area (Å²) in [5, 5.41) is 4.58. The largest absolute Gasteiger partial charge is 0.452 e. The molecule has 1 aromatic heterocycles. The van der Waals surface area contributed by atoms with Crippen molar-refractivity contribution in [3.63, 3.8) is 0 Å². The lowest BCUT2D eigenvalue weighted by atomic mass is 10.1. The minimum Gasteiger partial charge on any atom is -0.452 e. The van der Waals surface area contributed by atoms with E-state index in [1.54, 1.807) is 10.9 Å². The van der Waals surface area contributed by atoms with Crippen LogP contribution in [0.15, 0.2) is 66.9 Å². The van der Waals surface area contributed by atoms with E-state index in [0.29, 0.717) is 31.6 Å². The summed E-state index contributed by atoms with van der Waals surface area (Å²) in [6, 6.07) is 19.1. The van der Waals surface area contributed by atoms with E-state index in [1.807, 2.05) is 60.7 Å². The van der Waals surface area contributed by atoms with Gasteiger partial charge in [0.25, 0.3) is 5.91 Å². The normalized spacial score (nSPS) is 13.5. The summed E-state index contributed by atoms with van der Waals surface area (Å²) in [7, 11) is 0. The van der Waals surface area contributed by atoms with Crippen molar-refractivity contribution in [1.82, 2.24) is 14.7 Å². The molecule has 1 saturated heterocycles. The molecule has 7 nitrogen and oxygen atoms in total. The van der Waals surface area contributed by atoms with Gasteiger partial charge in [0.1, 0.15) is 11.3 Å². The number of aromatic nitrogens is 2. The molecule has 2 amide bonds. The molecule has 3 aromatic rings. The molecule has 0 bridgehead atoms. The predicted octanol–water partition coefficient (Wildman–Crippen LogP) is 2.90. The molecule has 0 radical (unpaired) electrons. The van der Waals surface area contributed by atoms with E-state index < -0.39 is 18.5 Å².